The van der Waals surface area contributed by atoms with Gasteiger partial charge in [-0.2, -0.15) is 0 Å². The van der Waals surface area contributed by atoms with Crippen LogP contribution in [0.3, 0.4) is 0 Å². The molecule has 1 rings (SSSR count). The smallest absolute Gasteiger partial charge is 0.394 e. The Kier molecular flexibility index (Phi) is 2.98. The predicted octanol–water partition coefficient (Wildman–Crippen LogP) is -1.78. The summed E-state index contributed by atoms with van der Waals surface area (Å²) in [5.74, 6) is -4.24. The fourth-order valence-corrected chi connectivity index (χ4v) is 0.969. The number of aliphatic hydroxyl groups is 2. The van der Waals surface area contributed by atoms with Crippen molar-refractivity contribution in [3.8, 4) is 0 Å². The summed E-state index contributed by atoms with van der Waals surface area (Å²) in [4.78, 5) is 22.1. The molecule has 0 aromatic rings. The van der Waals surface area contributed by atoms with Gasteiger partial charge in [0.2, 0.25) is 0 Å². The van der Waals surface area contributed by atoms with Crippen molar-refractivity contribution in [1.29, 1.82) is 0 Å². The number of rotatable bonds is 2. The van der Waals surface area contributed by atoms with E-state index in [1.165, 1.54) is 6.92 Å². The number of carbonyl (C=O) groups excluding carboxylic acids is 2. The summed E-state index contributed by atoms with van der Waals surface area (Å²) in [5, 5.41) is 18.7. The maximum Gasteiger partial charge on any atom is 0.394 e. The molecule has 86 valence electrons. The lowest BCUT2D eigenvalue weighted by atomic mass is 10.0. The lowest BCUT2D eigenvalue weighted by Crippen LogP contribution is -2.64. The highest BCUT2D eigenvalue weighted by molar-refractivity contribution is 5.79. The lowest BCUT2D eigenvalue weighted by molar-refractivity contribution is -0.352. The molecular formula is C8H13NO6. The van der Waals surface area contributed by atoms with Gasteiger partial charge in [0.15, 0.2) is 0 Å². The first-order valence-corrected chi connectivity index (χ1v) is 4.36. The molecule has 7 nitrogen and oxygen atoms in total. The molecule has 0 bridgehead atoms. The summed E-state index contributed by atoms with van der Waals surface area (Å²) in [6, 6.07) is 0. The molecule has 0 spiro atoms. The summed E-state index contributed by atoms with van der Waals surface area (Å²) in [7, 11) is 0. The van der Waals surface area contributed by atoms with Crippen molar-refractivity contribution in [2.75, 3.05) is 6.61 Å². The first-order chi connectivity index (χ1) is 6.81. The first kappa shape index (κ1) is 11.9. The van der Waals surface area contributed by atoms with Gasteiger partial charge in [0.1, 0.15) is 5.54 Å². The lowest BCUT2D eigenvalue weighted by Gasteiger charge is -2.36. The summed E-state index contributed by atoms with van der Waals surface area (Å²) in [6.07, 6.45) is -0.384. The molecule has 1 heterocycles. The van der Waals surface area contributed by atoms with Crippen LogP contribution in [-0.2, 0) is 19.1 Å². The van der Waals surface area contributed by atoms with Crippen molar-refractivity contribution in [3.05, 3.63) is 0 Å². The first-order valence-electron chi connectivity index (χ1n) is 4.36. The topological polar surface area (TPSA) is 119 Å². The van der Waals surface area contributed by atoms with Gasteiger partial charge in [-0.1, -0.05) is 0 Å². The zero-order chi connectivity index (χ0) is 11.7. The number of cyclic esters (lactones) is 2. The fraction of sp³-hybridized carbons (Fsp3) is 0.750. The van der Waals surface area contributed by atoms with Crippen LogP contribution in [0.5, 0.6) is 0 Å². The molecule has 1 aliphatic rings. The van der Waals surface area contributed by atoms with E-state index in [1.54, 1.807) is 0 Å². The highest BCUT2D eigenvalue weighted by Gasteiger charge is 2.53. The number of carbonyl (C=O) groups is 2. The molecule has 1 aliphatic heterocycles. The van der Waals surface area contributed by atoms with Gasteiger partial charge < -0.3 is 25.4 Å². The van der Waals surface area contributed by atoms with Crippen LogP contribution in [0.25, 0.3) is 0 Å². The molecule has 1 unspecified atom stereocenters. The van der Waals surface area contributed by atoms with E-state index in [0.29, 0.717) is 0 Å². The van der Waals surface area contributed by atoms with Gasteiger partial charge >= 0.3 is 17.9 Å². The number of esters is 2. The van der Waals surface area contributed by atoms with Gasteiger partial charge in [-0.15, -0.1) is 0 Å². The normalized spacial score (nSPS) is 24.8. The Hall–Kier alpha value is -1.18. The SMILES string of the molecule is CC(N)(CO)C1(O)OC(=O)CCC(=O)O1. The average Bonchev–Trinajstić information content (AvgIpc) is 2.26. The molecule has 7 heteroatoms. The number of hydrogen-bond donors (Lipinski definition) is 3. The molecule has 4 N–H and O–H groups in total. The van der Waals surface area contributed by atoms with Gasteiger partial charge in [0.25, 0.3) is 0 Å². The zero-order valence-corrected chi connectivity index (χ0v) is 8.23. The van der Waals surface area contributed by atoms with E-state index in [2.05, 4.69) is 9.47 Å². The molecule has 0 aromatic carbocycles. The Morgan fingerprint density at radius 3 is 2.13 bits per heavy atom. The highest BCUT2D eigenvalue weighted by atomic mass is 16.8. The van der Waals surface area contributed by atoms with Gasteiger partial charge in [-0.25, -0.2) is 0 Å². The van der Waals surface area contributed by atoms with Crippen LogP contribution < -0.4 is 5.73 Å². The Morgan fingerprint density at radius 2 is 1.80 bits per heavy atom. The third kappa shape index (κ3) is 2.25. The minimum atomic E-state index is -2.62. The molecule has 1 atom stereocenters. The van der Waals surface area contributed by atoms with Gasteiger partial charge in [-0.05, 0) is 6.92 Å². The number of nitrogens with two attached hydrogens (primary N) is 1. The average molecular weight is 219 g/mol. The fourth-order valence-electron chi connectivity index (χ4n) is 0.969. The second-order valence-electron chi connectivity index (χ2n) is 3.61. The molecule has 0 saturated carbocycles. The van der Waals surface area contributed by atoms with E-state index >= 15 is 0 Å². The summed E-state index contributed by atoms with van der Waals surface area (Å²) in [5.41, 5.74) is 3.69. The van der Waals surface area contributed by atoms with Crippen LogP contribution in [-0.4, -0.2) is 40.3 Å². The summed E-state index contributed by atoms with van der Waals surface area (Å²) < 4.78 is 9.03. The molecule has 1 saturated heterocycles. The molecule has 0 radical (unpaired) electrons. The maximum atomic E-state index is 11.1. The van der Waals surface area contributed by atoms with Crippen molar-refractivity contribution in [2.24, 2.45) is 5.73 Å². The van der Waals surface area contributed by atoms with Crippen molar-refractivity contribution in [2.45, 2.75) is 31.3 Å². The Morgan fingerprint density at radius 1 is 1.40 bits per heavy atom. The van der Waals surface area contributed by atoms with Crippen LogP contribution >= 0.6 is 0 Å². The Bertz CT molecular complexity index is 269. The van der Waals surface area contributed by atoms with Crippen LogP contribution in [0.4, 0.5) is 0 Å². The third-order valence-electron chi connectivity index (χ3n) is 2.09. The quantitative estimate of drug-likeness (QED) is 0.470. The van der Waals surface area contributed by atoms with Gasteiger partial charge in [-0.3, -0.25) is 9.59 Å². The largest absolute Gasteiger partial charge is 0.397 e. The Balaban J connectivity index is 2.98. The van der Waals surface area contributed by atoms with Gasteiger partial charge in [0, 0.05) is 0 Å². The molecule has 1 fully saturated rings. The molecule has 0 aromatic heterocycles. The zero-order valence-electron chi connectivity index (χ0n) is 8.23. The Labute approximate surface area is 85.8 Å². The van der Waals surface area contributed by atoms with E-state index in [1.807, 2.05) is 0 Å². The van der Waals surface area contributed by atoms with E-state index in [9.17, 15) is 14.7 Å². The third-order valence-corrected chi connectivity index (χ3v) is 2.09. The summed E-state index contributed by atoms with van der Waals surface area (Å²) >= 11 is 0. The standard InChI is InChI=1S/C8H13NO6/c1-7(9,4-10)8(13)14-5(11)2-3-6(12)15-8/h10,13H,2-4,9H2,1H3. The van der Waals surface area contributed by atoms with E-state index in [-0.39, 0.29) is 12.8 Å². The second kappa shape index (κ2) is 3.76. The van der Waals surface area contributed by atoms with Crippen molar-refractivity contribution < 1.29 is 29.3 Å². The maximum absolute atomic E-state index is 11.1. The second-order valence-corrected chi connectivity index (χ2v) is 3.61. The molecule has 0 aliphatic carbocycles. The van der Waals surface area contributed by atoms with E-state index in [4.69, 9.17) is 10.8 Å². The van der Waals surface area contributed by atoms with Crippen molar-refractivity contribution in [1.82, 2.24) is 0 Å². The highest BCUT2D eigenvalue weighted by Crippen LogP contribution is 2.26. The van der Waals surface area contributed by atoms with E-state index in [0.717, 1.165) is 0 Å². The number of aliphatic hydroxyl groups excluding tert-OH is 1. The van der Waals surface area contributed by atoms with Gasteiger partial charge in [0.05, 0.1) is 19.4 Å². The molecular weight excluding hydrogens is 206 g/mol. The predicted molar refractivity (Wildman–Crippen MR) is 46.0 cm³/mol. The van der Waals surface area contributed by atoms with Crippen LogP contribution in [0.2, 0.25) is 0 Å². The molecule has 0 amide bonds. The minimum absolute atomic E-state index is 0.192. The van der Waals surface area contributed by atoms with E-state index < -0.39 is 30.1 Å². The monoisotopic (exact) mass is 219 g/mol. The number of hydrogen-bond acceptors (Lipinski definition) is 7. The number of ether oxygens (including phenoxy) is 2. The van der Waals surface area contributed by atoms with Crippen LogP contribution in [0, 0.1) is 0 Å². The van der Waals surface area contributed by atoms with Crippen LogP contribution in [0.15, 0.2) is 0 Å². The summed E-state index contributed by atoms with van der Waals surface area (Å²) in [6.45, 7) is 0.475. The van der Waals surface area contributed by atoms with Crippen molar-refractivity contribution in [3.63, 3.8) is 0 Å². The minimum Gasteiger partial charge on any atom is -0.397 e. The van der Waals surface area contributed by atoms with Crippen LogP contribution in [0.1, 0.15) is 19.8 Å². The molecule has 15 heavy (non-hydrogen) atoms. The van der Waals surface area contributed by atoms with Crippen molar-refractivity contribution >= 4 is 11.9 Å².